The average molecular weight is 322 g/mol. The third kappa shape index (κ3) is 3.56. The van der Waals surface area contributed by atoms with Crippen LogP contribution in [0.3, 0.4) is 0 Å². The topological polar surface area (TPSA) is 49.4 Å². The van der Waals surface area contributed by atoms with Gasteiger partial charge in [0, 0.05) is 13.1 Å². The highest BCUT2D eigenvalue weighted by molar-refractivity contribution is 7.89. The lowest BCUT2D eigenvalue weighted by molar-refractivity contribution is -0.137. The molecule has 21 heavy (non-hydrogen) atoms. The minimum absolute atomic E-state index is 0.0967. The Morgan fingerprint density at radius 1 is 1.29 bits per heavy atom. The third-order valence-corrected chi connectivity index (χ3v) is 5.44. The maximum Gasteiger partial charge on any atom is 0.416 e. The van der Waals surface area contributed by atoms with Gasteiger partial charge in [0.2, 0.25) is 10.0 Å². The molecule has 1 aromatic carbocycles. The Morgan fingerprint density at radius 2 is 1.90 bits per heavy atom. The number of nitrogens with one attached hydrogen (secondary N) is 1. The summed E-state index contributed by atoms with van der Waals surface area (Å²) in [5.74, 6) is 0.235. The summed E-state index contributed by atoms with van der Waals surface area (Å²) in [6.45, 7) is 1.51. The number of hydrogen-bond acceptors (Lipinski definition) is 3. The molecular weight excluding hydrogens is 305 g/mol. The van der Waals surface area contributed by atoms with Crippen LogP contribution in [0.4, 0.5) is 13.2 Å². The number of nitrogens with zero attached hydrogens (tertiary/aromatic N) is 1. The van der Waals surface area contributed by atoms with Gasteiger partial charge in [-0.2, -0.15) is 17.5 Å². The van der Waals surface area contributed by atoms with E-state index >= 15 is 0 Å². The van der Waals surface area contributed by atoms with E-state index < -0.39 is 21.8 Å². The standard InChI is InChI=1S/C13H17F3N2O2S/c1-17-8-10-6-7-18(9-10)21(19,20)12-4-2-11(3-5-12)13(14,15)16/h2-5,10,17H,6-9H2,1H3/t10-/m0/s1. The van der Waals surface area contributed by atoms with Crippen molar-refractivity contribution in [2.45, 2.75) is 17.5 Å². The molecular formula is C13H17F3N2O2S. The number of alkyl halides is 3. The van der Waals surface area contributed by atoms with Crippen LogP contribution in [0.2, 0.25) is 0 Å². The van der Waals surface area contributed by atoms with Crippen LogP contribution in [0, 0.1) is 5.92 Å². The van der Waals surface area contributed by atoms with E-state index in [1.54, 1.807) is 7.05 Å². The monoisotopic (exact) mass is 322 g/mol. The van der Waals surface area contributed by atoms with Gasteiger partial charge in [0.25, 0.3) is 0 Å². The Morgan fingerprint density at radius 3 is 2.43 bits per heavy atom. The molecule has 1 N–H and O–H groups in total. The molecule has 8 heteroatoms. The van der Waals surface area contributed by atoms with Crippen molar-refractivity contribution in [1.82, 2.24) is 9.62 Å². The van der Waals surface area contributed by atoms with E-state index in [4.69, 9.17) is 0 Å². The first-order chi connectivity index (χ1) is 9.75. The first-order valence-corrected chi connectivity index (χ1v) is 8.01. The van der Waals surface area contributed by atoms with Crippen molar-refractivity contribution in [1.29, 1.82) is 0 Å². The maximum absolute atomic E-state index is 12.5. The first kappa shape index (κ1) is 16.3. The van der Waals surface area contributed by atoms with E-state index in [1.807, 2.05) is 0 Å². The van der Waals surface area contributed by atoms with E-state index in [-0.39, 0.29) is 10.8 Å². The van der Waals surface area contributed by atoms with Crippen LogP contribution in [0.25, 0.3) is 0 Å². The fourth-order valence-electron chi connectivity index (χ4n) is 2.44. The number of sulfonamides is 1. The van der Waals surface area contributed by atoms with Gasteiger partial charge in [-0.3, -0.25) is 0 Å². The smallest absolute Gasteiger partial charge is 0.319 e. The predicted molar refractivity (Wildman–Crippen MR) is 72.2 cm³/mol. The van der Waals surface area contributed by atoms with Crippen LogP contribution < -0.4 is 5.32 Å². The van der Waals surface area contributed by atoms with Crippen LogP contribution in [0.5, 0.6) is 0 Å². The van der Waals surface area contributed by atoms with Gasteiger partial charge in [-0.15, -0.1) is 0 Å². The van der Waals surface area contributed by atoms with Gasteiger partial charge in [-0.05, 0) is 50.2 Å². The molecule has 2 rings (SSSR count). The number of benzene rings is 1. The average Bonchev–Trinajstić information content (AvgIpc) is 2.88. The lowest BCUT2D eigenvalue weighted by Gasteiger charge is -2.17. The molecule has 0 aromatic heterocycles. The minimum Gasteiger partial charge on any atom is -0.319 e. The summed E-state index contributed by atoms with van der Waals surface area (Å²) in [5, 5.41) is 3.00. The van der Waals surface area contributed by atoms with Crippen LogP contribution in [-0.4, -0.2) is 39.4 Å². The molecule has 0 amide bonds. The second kappa shape index (κ2) is 5.94. The lowest BCUT2D eigenvalue weighted by atomic mass is 10.1. The molecule has 0 aliphatic carbocycles. The molecule has 118 valence electrons. The van der Waals surface area contributed by atoms with Gasteiger partial charge in [0.05, 0.1) is 10.5 Å². The second-order valence-corrected chi connectivity index (χ2v) is 7.04. The summed E-state index contributed by atoms with van der Waals surface area (Å²) in [6, 6.07) is 3.63. The number of rotatable bonds is 4. The molecule has 1 aliphatic rings. The normalized spacial score (nSPS) is 20.9. The van der Waals surface area contributed by atoms with Crippen molar-refractivity contribution in [3.05, 3.63) is 29.8 Å². The molecule has 0 bridgehead atoms. The third-order valence-electron chi connectivity index (χ3n) is 3.56. The van der Waals surface area contributed by atoms with Gasteiger partial charge in [0.1, 0.15) is 0 Å². The summed E-state index contributed by atoms with van der Waals surface area (Å²) in [4.78, 5) is -0.0967. The maximum atomic E-state index is 12.5. The Bertz CT molecular complexity index is 584. The van der Waals surface area contributed by atoms with Crippen LogP contribution in [-0.2, 0) is 16.2 Å². The number of hydrogen-bond donors (Lipinski definition) is 1. The van der Waals surface area contributed by atoms with Crippen LogP contribution in [0.1, 0.15) is 12.0 Å². The van der Waals surface area contributed by atoms with Crippen molar-refractivity contribution >= 4 is 10.0 Å². The number of halogens is 3. The summed E-state index contributed by atoms with van der Waals surface area (Å²) < 4.78 is 63.5. The van der Waals surface area contributed by atoms with Gasteiger partial charge < -0.3 is 5.32 Å². The second-order valence-electron chi connectivity index (χ2n) is 5.10. The largest absolute Gasteiger partial charge is 0.416 e. The van der Waals surface area contributed by atoms with Gasteiger partial charge in [-0.1, -0.05) is 0 Å². The highest BCUT2D eigenvalue weighted by Crippen LogP contribution is 2.31. The molecule has 1 atom stereocenters. The Kier molecular flexibility index (Phi) is 4.60. The van der Waals surface area contributed by atoms with Gasteiger partial charge in [-0.25, -0.2) is 8.42 Å². The van der Waals surface area contributed by atoms with Crippen molar-refractivity contribution in [3.8, 4) is 0 Å². The zero-order valence-corrected chi connectivity index (χ0v) is 12.3. The molecule has 1 aliphatic heterocycles. The molecule has 0 unspecified atom stereocenters. The molecule has 1 saturated heterocycles. The first-order valence-electron chi connectivity index (χ1n) is 6.57. The van der Waals surface area contributed by atoms with E-state index in [0.717, 1.165) is 37.2 Å². The van der Waals surface area contributed by atoms with Crippen molar-refractivity contribution in [3.63, 3.8) is 0 Å². The molecule has 1 heterocycles. The van der Waals surface area contributed by atoms with Gasteiger partial charge >= 0.3 is 6.18 Å². The Balaban J connectivity index is 2.17. The molecule has 0 spiro atoms. The molecule has 0 radical (unpaired) electrons. The quantitative estimate of drug-likeness (QED) is 0.921. The van der Waals surface area contributed by atoms with E-state index in [0.29, 0.717) is 13.1 Å². The summed E-state index contributed by atoms with van der Waals surface area (Å²) in [5.41, 5.74) is -0.851. The summed E-state index contributed by atoms with van der Waals surface area (Å²) >= 11 is 0. The lowest BCUT2D eigenvalue weighted by Crippen LogP contribution is -2.30. The van der Waals surface area contributed by atoms with E-state index in [1.165, 1.54) is 4.31 Å². The highest BCUT2D eigenvalue weighted by atomic mass is 32.2. The Hall–Kier alpha value is -1.12. The summed E-state index contributed by atoms with van der Waals surface area (Å²) in [6.07, 6.45) is -3.71. The zero-order valence-electron chi connectivity index (χ0n) is 11.5. The zero-order chi connectivity index (χ0) is 15.7. The van der Waals surface area contributed by atoms with Crippen LogP contribution >= 0.6 is 0 Å². The van der Waals surface area contributed by atoms with Crippen molar-refractivity contribution in [2.24, 2.45) is 5.92 Å². The minimum atomic E-state index is -4.46. The van der Waals surface area contributed by atoms with E-state index in [9.17, 15) is 21.6 Å². The van der Waals surface area contributed by atoms with E-state index in [2.05, 4.69) is 5.32 Å². The SMILES string of the molecule is CNC[C@@H]1CCN(S(=O)(=O)c2ccc(C(F)(F)F)cc2)C1. The highest BCUT2D eigenvalue weighted by Gasteiger charge is 2.34. The van der Waals surface area contributed by atoms with Crippen molar-refractivity contribution < 1.29 is 21.6 Å². The molecule has 0 saturated carbocycles. The molecule has 1 aromatic rings. The molecule has 4 nitrogen and oxygen atoms in total. The van der Waals surface area contributed by atoms with Crippen LogP contribution in [0.15, 0.2) is 29.2 Å². The predicted octanol–water partition coefficient (Wildman–Crippen LogP) is 1.94. The fourth-order valence-corrected chi connectivity index (χ4v) is 3.97. The summed E-state index contributed by atoms with van der Waals surface area (Å²) in [7, 11) is -1.92. The Labute approximate surface area is 122 Å². The molecule has 1 fully saturated rings. The van der Waals surface area contributed by atoms with Gasteiger partial charge in [0.15, 0.2) is 0 Å². The fraction of sp³-hybridized carbons (Fsp3) is 0.538. The van der Waals surface area contributed by atoms with Crippen molar-refractivity contribution in [2.75, 3.05) is 26.7 Å².